The van der Waals surface area contributed by atoms with Crippen LogP contribution in [0.5, 0.6) is 5.75 Å². The lowest BCUT2D eigenvalue weighted by atomic mass is 10.2. The monoisotopic (exact) mass is 347 g/mol. The summed E-state index contributed by atoms with van der Waals surface area (Å²) in [5.74, 6) is 0.485. The highest BCUT2D eigenvalue weighted by atomic mass is 79.9. The summed E-state index contributed by atoms with van der Waals surface area (Å²) in [6.45, 7) is 5.74. The zero-order valence-corrected chi connectivity index (χ0v) is 13.9. The molecule has 0 fully saturated rings. The first-order chi connectivity index (χ1) is 9.95. The van der Waals surface area contributed by atoms with Gasteiger partial charge in [-0.3, -0.25) is 4.79 Å². The molecular formula is C17H18BrNO2. The molecule has 2 rings (SSSR count). The van der Waals surface area contributed by atoms with Gasteiger partial charge in [0.05, 0.1) is 4.47 Å². The summed E-state index contributed by atoms with van der Waals surface area (Å²) in [5, 5.41) is 2.84. The summed E-state index contributed by atoms with van der Waals surface area (Å²) in [7, 11) is 0. The standard InChI is InChI=1S/C17H18BrNO2/c1-11-4-7-14(8-5-11)19-17(20)13(3)21-16-9-6-12(2)10-15(16)18/h4-10,13H,1-3H3,(H,19,20). The van der Waals surface area contributed by atoms with Crippen molar-refractivity contribution in [2.45, 2.75) is 26.9 Å². The van der Waals surface area contributed by atoms with E-state index in [1.165, 1.54) is 0 Å². The second-order valence-electron chi connectivity index (χ2n) is 5.05. The Kier molecular flexibility index (Phi) is 5.02. The SMILES string of the molecule is Cc1ccc(NC(=O)C(C)Oc2ccc(C)cc2Br)cc1. The first kappa shape index (κ1) is 15.6. The Labute approximate surface area is 133 Å². The van der Waals surface area contributed by atoms with Gasteiger partial charge in [-0.15, -0.1) is 0 Å². The number of nitrogens with one attached hydrogen (secondary N) is 1. The molecule has 0 radical (unpaired) electrons. The minimum Gasteiger partial charge on any atom is -0.480 e. The van der Waals surface area contributed by atoms with Crippen molar-refractivity contribution in [3.8, 4) is 5.75 Å². The molecule has 0 saturated carbocycles. The van der Waals surface area contributed by atoms with Gasteiger partial charge in [-0.05, 0) is 66.5 Å². The number of hydrogen-bond donors (Lipinski definition) is 1. The lowest BCUT2D eigenvalue weighted by molar-refractivity contribution is -0.122. The highest BCUT2D eigenvalue weighted by Crippen LogP contribution is 2.26. The second-order valence-corrected chi connectivity index (χ2v) is 5.90. The molecule has 2 aromatic rings. The Morgan fingerprint density at radius 2 is 1.71 bits per heavy atom. The van der Waals surface area contributed by atoms with Crippen molar-refractivity contribution in [1.29, 1.82) is 0 Å². The molecule has 0 saturated heterocycles. The molecule has 110 valence electrons. The van der Waals surface area contributed by atoms with Crippen molar-refractivity contribution < 1.29 is 9.53 Å². The largest absolute Gasteiger partial charge is 0.480 e. The highest BCUT2D eigenvalue weighted by Gasteiger charge is 2.16. The van der Waals surface area contributed by atoms with E-state index in [9.17, 15) is 4.79 Å². The van der Waals surface area contributed by atoms with Gasteiger partial charge in [0.2, 0.25) is 0 Å². The lowest BCUT2D eigenvalue weighted by Crippen LogP contribution is -2.30. The summed E-state index contributed by atoms with van der Waals surface area (Å²) in [5.41, 5.74) is 3.05. The molecule has 1 amide bonds. The normalized spacial score (nSPS) is 11.8. The number of carbonyl (C=O) groups excluding carboxylic acids is 1. The van der Waals surface area contributed by atoms with Crippen LogP contribution < -0.4 is 10.1 Å². The van der Waals surface area contributed by atoms with Crippen molar-refractivity contribution >= 4 is 27.5 Å². The van der Waals surface area contributed by atoms with Gasteiger partial charge >= 0.3 is 0 Å². The van der Waals surface area contributed by atoms with E-state index >= 15 is 0 Å². The molecule has 0 aliphatic heterocycles. The third-order valence-corrected chi connectivity index (χ3v) is 3.70. The van der Waals surface area contributed by atoms with Crippen LogP contribution in [0.1, 0.15) is 18.1 Å². The van der Waals surface area contributed by atoms with E-state index in [1.54, 1.807) is 6.92 Å². The molecule has 0 bridgehead atoms. The Hall–Kier alpha value is -1.81. The van der Waals surface area contributed by atoms with Crippen LogP contribution in [-0.4, -0.2) is 12.0 Å². The molecule has 1 atom stereocenters. The molecule has 2 aromatic carbocycles. The van der Waals surface area contributed by atoms with E-state index < -0.39 is 6.10 Å². The zero-order chi connectivity index (χ0) is 15.4. The molecule has 0 aliphatic rings. The topological polar surface area (TPSA) is 38.3 Å². The fourth-order valence-corrected chi connectivity index (χ4v) is 2.41. The summed E-state index contributed by atoms with van der Waals surface area (Å²) in [6.07, 6.45) is -0.578. The Balaban J connectivity index is 2.00. The molecule has 0 spiro atoms. The molecule has 1 N–H and O–H groups in total. The Bertz CT molecular complexity index is 638. The number of aryl methyl sites for hydroxylation is 2. The molecule has 3 nitrogen and oxygen atoms in total. The van der Waals surface area contributed by atoms with Crippen LogP contribution >= 0.6 is 15.9 Å². The van der Waals surface area contributed by atoms with Crippen LogP contribution in [-0.2, 0) is 4.79 Å². The number of benzene rings is 2. The van der Waals surface area contributed by atoms with Gasteiger partial charge in [-0.2, -0.15) is 0 Å². The molecule has 0 aliphatic carbocycles. The summed E-state index contributed by atoms with van der Waals surface area (Å²) >= 11 is 3.44. The first-order valence-electron chi connectivity index (χ1n) is 6.76. The lowest BCUT2D eigenvalue weighted by Gasteiger charge is -2.16. The van der Waals surface area contributed by atoms with Crippen LogP contribution in [0.25, 0.3) is 0 Å². The predicted molar refractivity (Wildman–Crippen MR) is 88.8 cm³/mol. The van der Waals surface area contributed by atoms with Crippen LogP contribution in [0.15, 0.2) is 46.9 Å². The fraction of sp³-hybridized carbons (Fsp3) is 0.235. The third-order valence-electron chi connectivity index (χ3n) is 3.08. The average molecular weight is 348 g/mol. The number of halogens is 1. The Morgan fingerprint density at radius 3 is 2.33 bits per heavy atom. The van der Waals surface area contributed by atoms with E-state index in [1.807, 2.05) is 56.3 Å². The summed E-state index contributed by atoms with van der Waals surface area (Å²) < 4.78 is 6.54. The molecule has 0 heterocycles. The van der Waals surface area contributed by atoms with Gasteiger partial charge in [-0.1, -0.05) is 23.8 Å². The third kappa shape index (κ3) is 4.33. The van der Waals surface area contributed by atoms with Gasteiger partial charge in [0.25, 0.3) is 5.91 Å². The number of amides is 1. The smallest absolute Gasteiger partial charge is 0.265 e. The van der Waals surface area contributed by atoms with Crippen LogP contribution in [0.3, 0.4) is 0 Å². The minimum absolute atomic E-state index is 0.175. The zero-order valence-electron chi connectivity index (χ0n) is 12.3. The number of carbonyl (C=O) groups is 1. The van der Waals surface area contributed by atoms with Gasteiger partial charge in [0.15, 0.2) is 6.10 Å². The number of anilines is 1. The Morgan fingerprint density at radius 1 is 1.10 bits per heavy atom. The van der Waals surface area contributed by atoms with Crippen LogP contribution in [0, 0.1) is 13.8 Å². The van der Waals surface area contributed by atoms with Crippen molar-refractivity contribution in [3.63, 3.8) is 0 Å². The highest BCUT2D eigenvalue weighted by molar-refractivity contribution is 9.10. The summed E-state index contributed by atoms with van der Waals surface area (Å²) in [4.78, 5) is 12.1. The van der Waals surface area contributed by atoms with Crippen LogP contribution in [0.4, 0.5) is 5.69 Å². The van der Waals surface area contributed by atoms with Crippen molar-refractivity contribution in [1.82, 2.24) is 0 Å². The molecule has 1 unspecified atom stereocenters. The van der Waals surface area contributed by atoms with Gasteiger partial charge in [0.1, 0.15) is 5.75 Å². The van der Waals surface area contributed by atoms with Gasteiger partial charge in [-0.25, -0.2) is 0 Å². The first-order valence-corrected chi connectivity index (χ1v) is 7.55. The van der Waals surface area contributed by atoms with Crippen LogP contribution in [0.2, 0.25) is 0 Å². The van der Waals surface area contributed by atoms with Crippen molar-refractivity contribution in [2.24, 2.45) is 0 Å². The second kappa shape index (κ2) is 6.76. The van der Waals surface area contributed by atoms with Crippen molar-refractivity contribution in [2.75, 3.05) is 5.32 Å². The number of hydrogen-bond acceptors (Lipinski definition) is 2. The summed E-state index contributed by atoms with van der Waals surface area (Å²) in [6, 6.07) is 13.4. The maximum Gasteiger partial charge on any atom is 0.265 e. The van der Waals surface area contributed by atoms with E-state index in [2.05, 4.69) is 21.2 Å². The molecular weight excluding hydrogens is 330 g/mol. The van der Waals surface area contributed by atoms with E-state index in [0.29, 0.717) is 5.75 Å². The predicted octanol–water partition coefficient (Wildman–Crippen LogP) is 4.47. The van der Waals surface area contributed by atoms with E-state index in [4.69, 9.17) is 4.74 Å². The van der Waals surface area contributed by atoms with E-state index in [-0.39, 0.29) is 5.91 Å². The maximum atomic E-state index is 12.1. The maximum absolute atomic E-state index is 12.1. The van der Waals surface area contributed by atoms with Gasteiger partial charge < -0.3 is 10.1 Å². The van der Waals surface area contributed by atoms with Gasteiger partial charge in [0, 0.05) is 5.69 Å². The average Bonchev–Trinajstić information content (AvgIpc) is 2.44. The minimum atomic E-state index is -0.578. The fourth-order valence-electron chi connectivity index (χ4n) is 1.83. The quantitative estimate of drug-likeness (QED) is 0.885. The molecule has 0 aromatic heterocycles. The molecule has 4 heteroatoms. The molecule has 21 heavy (non-hydrogen) atoms. The number of ether oxygens (including phenoxy) is 1. The van der Waals surface area contributed by atoms with E-state index in [0.717, 1.165) is 21.3 Å². The number of rotatable bonds is 4. The van der Waals surface area contributed by atoms with Crippen molar-refractivity contribution in [3.05, 3.63) is 58.1 Å².